The van der Waals surface area contributed by atoms with Gasteiger partial charge in [0.15, 0.2) is 0 Å². The summed E-state index contributed by atoms with van der Waals surface area (Å²) < 4.78 is 0. The quantitative estimate of drug-likeness (QED) is 0.783. The van der Waals surface area contributed by atoms with Crippen molar-refractivity contribution in [1.82, 2.24) is 5.32 Å². The molecule has 0 spiro atoms. The van der Waals surface area contributed by atoms with E-state index in [9.17, 15) is 9.90 Å². The maximum Gasteiger partial charge on any atom is 0.220 e. The fourth-order valence-corrected chi connectivity index (χ4v) is 2.61. The summed E-state index contributed by atoms with van der Waals surface area (Å²) in [5.74, 6) is 1.82. The highest BCUT2D eigenvalue weighted by Crippen LogP contribution is 2.21. The number of hydrogen-bond acceptors (Lipinski definition) is 3. The standard InChI is InChI=1S/C14H29NO2S/c1-13(2,3)7-12(17)15-11(8-16)9-18-10-14(4,5)6/h11,16H,7-10H2,1-6H3,(H,15,17)/t11-/m1/s1. The fourth-order valence-electron chi connectivity index (χ4n) is 1.41. The van der Waals surface area contributed by atoms with Gasteiger partial charge in [0, 0.05) is 12.2 Å². The smallest absolute Gasteiger partial charge is 0.220 e. The Morgan fingerprint density at radius 1 is 1.17 bits per heavy atom. The molecule has 2 N–H and O–H groups in total. The average molecular weight is 275 g/mol. The second kappa shape index (κ2) is 7.39. The van der Waals surface area contributed by atoms with Crippen LogP contribution in [0.15, 0.2) is 0 Å². The average Bonchev–Trinajstić information content (AvgIpc) is 2.11. The number of carbonyl (C=O) groups excluding carboxylic acids is 1. The van der Waals surface area contributed by atoms with Gasteiger partial charge in [-0.2, -0.15) is 11.8 Å². The van der Waals surface area contributed by atoms with Crippen molar-refractivity contribution < 1.29 is 9.90 Å². The van der Waals surface area contributed by atoms with Gasteiger partial charge in [-0.15, -0.1) is 0 Å². The third-order valence-corrected chi connectivity index (χ3v) is 3.84. The van der Waals surface area contributed by atoms with Crippen LogP contribution in [0.5, 0.6) is 0 Å². The monoisotopic (exact) mass is 275 g/mol. The highest BCUT2D eigenvalue weighted by atomic mass is 32.2. The van der Waals surface area contributed by atoms with E-state index in [-0.39, 0.29) is 29.4 Å². The summed E-state index contributed by atoms with van der Waals surface area (Å²) >= 11 is 1.78. The molecule has 0 heterocycles. The fraction of sp³-hybridized carbons (Fsp3) is 0.929. The van der Waals surface area contributed by atoms with Gasteiger partial charge in [-0.1, -0.05) is 41.5 Å². The highest BCUT2D eigenvalue weighted by Gasteiger charge is 2.19. The van der Waals surface area contributed by atoms with Crippen LogP contribution in [0, 0.1) is 10.8 Å². The lowest BCUT2D eigenvalue weighted by atomic mass is 9.92. The zero-order valence-electron chi connectivity index (χ0n) is 12.7. The second-order valence-corrected chi connectivity index (χ2v) is 8.29. The first-order chi connectivity index (χ1) is 8.03. The number of aliphatic hydroxyl groups excluding tert-OH is 1. The van der Waals surface area contributed by atoms with Gasteiger partial charge in [0.1, 0.15) is 0 Å². The zero-order valence-corrected chi connectivity index (χ0v) is 13.5. The van der Waals surface area contributed by atoms with E-state index in [2.05, 4.69) is 26.1 Å². The number of aliphatic hydroxyl groups is 1. The number of carbonyl (C=O) groups is 1. The van der Waals surface area contributed by atoms with Crippen molar-refractivity contribution >= 4 is 17.7 Å². The predicted molar refractivity (Wildman–Crippen MR) is 79.9 cm³/mol. The van der Waals surface area contributed by atoms with Crippen molar-refractivity contribution in [3.05, 3.63) is 0 Å². The number of nitrogens with one attached hydrogen (secondary N) is 1. The van der Waals surface area contributed by atoms with Gasteiger partial charge < -0.3 is 10.4 Å². The van der Waals surface area contributed by atoms with Crippen molar-refractivity contribution in [2.24, 2.45) is 10.8 Å². The summed E-state index contributed by atoms with van der Waals surface area (Å²) in [7, 11) is 0. The predicted octanol–water partition coefficient (Wildman–Crippen LogP) is 2.68. The number of rotatable bonds is 6. The second-order valence-electron chi connectivity index (χ2n) is 7.26. The summed E-state index contributed by atoms with van der Waals surface area (Å²) in [5, 5.41) is 12.2. The van der Waals surface area contributed by atoms with E-state index in [1.54, 1.807) is 11.8 Å². The summed E-state index contributed by atoms with van der Waals surface area (Å²) in [5.41, 5.74) is 0.267. The maximum absolute atomic E-state index is 11.8. The Labute approximate surface area is 116 Å². The SMILES string of the molecule is CC(C)(C)CSC[C@@H](CO)NC(=O)CC(C)(C)C. The molecule has 0 aromatic rings. The minimum atomic E-state index is -0.132. The Kier molecular flexibility index (Phi) is 7.30. The Balaban J connectivity index is 4.00. The van der Waals surface area contributed by atoms with E-state index in [1.807, 2.05) is 20.8 Å². The Hall–Kier alpha value is -0.220. The molecule has 0 aliphatic carbocycles. The van der Waals surface area contributed by atoms with Crippen LogP contribution in [0.1, 0.15) is 48.0 Å². The molecule has 18 heavy (non-hydrogen) atoms. The van der Waals surface area contributed by atoms with Gasteiger partial charge in [0.25, 0.3) is 0 Å². The van der Waals surface area contributed by atoms with Crippen LogP contribution in [0.4, 0.5) is 0 Å². The molecule has 0 fully saturated rings. The van der Waals surface area contributed by atoms with Crippen molar-refractivity contribution in [2.45, 2.75) is 54.0 Å². The van der Waals surface area contributed by atoms with E-state index in [4.69, 9.17) is 0 Å². The van der Waals surface area contributed by atoms with Crippen LogP contribution in [-0.2, 0) is 4.79 Å². The molecule has 1 amide bonds. The molecule has 0 unspecified atom stereocenters. The van der Waals surface area contributed by atoms with Gasteiger partial charge in [-0.25, -0.2) is 0 Å². The first-order valence-electron chi connectivity index (χ1n) is 6.51. The first kappa shape index (κ1) is 17.8. The van der Waals surface area contributed by atoms with Crippen molar-refractivity contribution in [3.63, 3.8) is 0 Å². The van der Waals surface area contributed by atoms with Gasteiger partial charge in [0.2, 0.25) is 5.91 Å². The number of amides is 1. The largest absolute Gasteiger partial charge is 0.394 e. The van der Waals surface area contributed by atoms with Crippen LogP contribution in [-0.4, -0.2) is 35.2 Å². The molecule has 0 aromatic heterocycles. The minimum Gasteiger partial charge on any atom is -0.394 e. The lowest BCUT2D eigenvalue weighted by Crippen LogP contribution is -2.40. The molecule has 0 radical (unpaired) electrons. The topological polar surface area (TPSA) is 49.3 Å². The molecular formula is C14H29NO2S. The minimum absolute atomic E-state index is 0.00697. The van der Waals surface area contributed by atoms with Crippen molar-refractivity contribution in [2.75, 3.05) is 18.1 Å². The summed E-state index contributed by atoms with van der Waals surface area (Å²) in [6.45, 7) is 12.7. The third kappa shape index (κ3) is 10.9. The lowest BCUT2D eigenvalue weighted by Gasteiger charge is -2.23. The lowest BCUT2D eigenvalue weighted by molar-refractivity contribution is -0.123. The van der Waals surface area contributed by atoms with Gasteiger partial charge in [-0.3, -0.25) is 4.79 Å². The van der Waals surface area contributed by atoms with Crippen LogP contribution >= 0.6 is 11.8 Å². The number of hydrogen-bond donors (Lipinski definition) is 2. The summed E-state index contributed by atoms with van der Waals surface area (Å²) in [4.78, 5) is 11.8. The number of thioether (sulfide) groups is 1. The van der Waals surface area contributed by atoms with E-state index in [0.29, 0.717) is 6.42 Å². The van der Waals surface area contributed by atoms with Crippen LogP contribution in [0.25, 0.3) is 0 Å². The van der Waals surface area contributed by atoms with Gasteiger partial charge in [-0.05, 0) is 16.6 Å². The molecular weight excluding hydrogens is 246 g/mol. The van der Waals surface area contributed by atoms with E-state index < -0.39 is 0 Å². The van der Waals surface area contributed by atoms with Gasteiger partial charge in [0.05, 0.1) is 12.6 Å². The first-order valence-corrected chi connectivity index (χ1v) is 7.67. The molecule has 0 rings (SSSR count). The Morgan fingerprint density at radius 3 is 2.11 bits per heavy atom. The zero-order chi connectivity index (χ0) is 14.4. The molecule has 3 nitrogen and oxygen atoms in total. The van der Waals surface area contributed by atoms with Crippen molar-refractivity contribution in [1.29, 1.82) is 0 Å². The molecule has 108 valence electrons. The van der Waals surface area contributed by atoms with Crippen LogP contribution < -0.4 is 5.32 Å². The Morgan fingerprint density at radius 2 is 1.72 bits per heavy atom. The maximum atomic E-state index is 11.8. The van der Waals surface area contributed by atoms with E-state index in [1.165, 1.54) is 0 Å². The Bertz CT molecular complexity index is 254. The van der Waals surface area contributed by atoms with E-state index in [0.717, 1.165) is 11.5 Å². The summed E-state index contributed by atoms with van der Waals surface area (Å²) in [6, 6.07) is -0.132. The van der Waals surface area contributed by atoms with Crippen molar-refractivity contribution in [3.8, 4) is 0 Å². The van der Waals surface area contributed by atoms with E-state index >= 15 is 0 Å². The molecule has 0 saturated carbocycles. The van der Waals surface area contributed by atoms with Gasteiger partial charge >= 0.3 is 0 Å². The highest BCUT2D eigenvalue weighted by molar-refractivity contribution is 7.99. The normalized spacial score (nSPS) is 14.4. The molecule has 1 atom stereocenters. The molecule has 4 heteroatoms. The van der Waals surface area contributed by atoms with Crippen LogP contribution in [0.3, 0.4) is 0 Å². The third-order valence-electron chi connectivity index (χ3n) is 2.13. The molecule has 0 saturated heterocycles. The summed E-state index contributed by atoms with van der Waals surface area (Å²) in [6.07, 6.45) is 0.493. The van der Waals surface area contributed by atoms with Crippen LogP contribution in [0.2, 0.25) is 0 Å². The molecule has 0 bridgehead atoms. The molecule has 0 aromatic carbocycles. The molecule has 0 aliphatic heterocycles. The molecule has 0 aliphatic rings.